The maximum absolute atomic E-state index is 6.07. The Hall–Kier alpha value is -2.63. The van der Waals surface area contributed by atoms with Gasteiger partial charge in [0.25, 0.3) is 0 Å². The monoisotopic (exact) mass is 399 g/mol. The summed E-state index contributed by atoms with van der Waals surface area (Å²) >= 11 is 12.0. The van der Waals surface area contributed by atoms with Crippen molar-refractivity contribution in [3.05, 3.63) is 81.5 Å². The first-order valence-corrected chi connectivity index (χ1v) is 9.16. The predicted molar refractivity (Wildman–Crippen MR) is 113 cm³/mol. The highest BCUT2D eigenvalue weighted by Crippen LogP contribution is 2.23. The Labute approximate surface area is 168 Å². The van der Waals surface area contributed by atoms with Crippen LogP contribution in [-0.2, 0) is 6.54 Å². The van der Waals surface area contributed by atoms with Crippen LogP contribution in [-0.4, -0.2) is 15.7 Å². The topological polar surface area (TPSA) is 62.2 Å². The molecular weight excluding hydrogens is 381 g/mol. The summed E-state index contributed by atoms with van der Waals surface area (Å²) in [6.45, 7) is 4.45. The van der Waals surface area contributed by atoms with Gasteiger partial charge in [0, 0.05) is 18.3 Å². The lowest BCUT2D eigenvalue weighted by Gasteiger charge is -2.09. The van der Waals surface area contributed by atoms with Gasteiger partial charge in [-0.05, 0) is 37.1 Å². The van der Waals surface area contributed by atoms with E-state index in [1.54, 1.807) is 12.1 Å². The Morgan fingerprint density at radius 3 is 2.52 bits per heavy atom. The van der Waals surface area contributed by atoms with Gasteiger partial charge in [-0.3, -0.25) is 5.43 Å². The molecule has 0 aliphatic carbocycles. The van der Waals surface area contributed by atoms with Crippen LogP contribution in [0.3, 0.4) is 0 Å². The molecule has 0 bridgehead atoms. The van der Waals surface area contributed by atoms with Crippen molar-refractivity contribution >= 4 is 40.7 Å². The highest BCUT2D eigenvalue weighted by Gasteiger charge is 2.05. The molecule has 0 amide bonds. The first-order valence-electron chi connectivity index (χ1n) is 8.40. The van der Waals surface area contributed by atoms with Crippen molar-refractivity contribution in [2.45, 2.75) is 20.4 Å². The van der Waals surface area contributed by atoms with E-state index in [2.05, 4.69) is 25.8 Å². The van der Waals surface area contributed by atoms with Crippen LogP contribution in [0.5, 0.6) is 0 Å². The Morgan fingerprint density at radius 1 is 1.00 bits per heavy atom. The number of rotatable bonds is 6. The van der Waals surface area contributed by atoms with Crippen molar-refractivity contribution in [3.63, 3.8) is 0 Å². The number of benzene rings is 2. The van der Waals surface area contributed by atoms with E-state index in [0.29, 0.717) is 28.4 Å². The van der Waals surface area contributed by atoms with Crippen LogP contribution >= 0.6 is 23.2 Å². The number of hydrogen-bond donors (Lipinski definition) is 2. The van der Waals surface area contributed by atoms with E-state index in [4.69, 9.17) is 23.2 Å². The fourth-order valence-corrected chi connectivity index (χ4v) is 2.71. The van der Waals surface area contributed by atoms with Gasteiger partial charge in [0.15, 0.2) is 5.82 Å². The molecule has 1 aromatic heterocycles. The summed E-state index contributed by atoms with van der Waals surface area (Å²) in [5, 5.41) is 8.63. The lowest BCUT2D eigenvalue weighted by atomic mass is 10.1. The number of aromatic nitrogens is 2. The zero-order valence-corrected chi connectivity index (χ0v) is 16.5. The van der Waals surface area contributed by atoms with Crippen LogP contribution in [0.4, 0.5) is 11.8 Å². The van der Waals surface area contributed by atoms with Crippen molar-refractivity contribution in [1.29, 1.82) is 0 Å². The van der Waals surface area contributed by atoms with Gasteiger partial charge in [0.2, 0.25) is 5.95 Å². The van der Waals surface area contributed by atoms with Crippen LogP contribution in [0, 0.1) is 6.92 Å². The molecule has 2 N–H and O–H groups in total. The molecule has 0 radical (unpaired) electrons. The molecular formula is C20H19Cl2N5. The van der Waals surface area contributed by atoms with Crippen molar-refractivity contribution < 1.29 is 0 Å². The summed E-state index contributed by atoms with van der Waals surface area (Å²) in [5.74, 6) is 1.15. The van der Waals surface area contributed by atoms with Crippen LogP contribution in [0.2, 0.25) is 10.0 Å². The molecule has 0 saturated carbocycles. The van der Waals surface area contributed by atoms with E-state index >= 15 is 0 Å². The maximum Gasteiger partial charge on any atom is 0.225 e. The van der Waals surface area contributed by atoms with E-state index in [-0.39, 0.29) is 0 Å². The van der Waals surface area contributed by atoms with Gasteiger partial charge in [0.05, 0.1) is 15.8 Å². The molecule has 5 nitrogen and oxygen atoms in total. The minimum atomic E-state index is 0.494. The Balaban J connectivity index is 1.71. The number of nitrogens with one attached hydrogen (secondary N) is 2. The van der Waals surface area contributed by atoms with Gasteiger partial charge in [-0.25, -0.2) is 4.98 Å². The molecule has 0 aliphatic heterocycles. The average Bonchev–Trinajstić information content (AvgIpc) is 2.67. The molecule has 0 saturated heterocycles. The highest BCUT2D eigenvalue weighted by molar-refractivity contribution is 6.42. The van der Waals surface area contributed by atoms with Crippen LogP contribution in [0.1, 0.15) is 23.7 Å². The molecule has 0 aliphatic rings. The fourth-order valence-electron chi connectivity index (χ4n) is 2.41. The van der Waals surface area contributed by atoms with E-state index in [1.807, 2.05) is 56.3 Å². The molecule has 3 aromatic rings. The van der Waals surface area contributed by atoms with E-state index in [1.165, 1.54) is 0 Å². The normalized spacial score (nSPS) is 11.3. The Morgan fingerprint density at radius 2 is 1.78 bits per heavy atom. The van der Waals surface area contributed by atoms with E-state index in [0.717, 1.165) is 22.5 Å². The van der Waals surface area contributed by atoms with Gasteiger partial charge in [-0.2, -0.15) is 10.1 Å². The maximum atomic E-state index is 6.07. The summed E-state index contributed by atoms with van der Waals surface area (Å²) in [7, 11) is 0. The van der Waals surface area contributed by atoms with Crippen molar-refractivity contribution in [2.24, 2.45) is 5.10 Å². The first kappa shape index (κ1) is 19.1. The molecule has 27 heavy (non-hydrogen) atoms. The average molecular weight is 400 g/mol. The molecule has 138 valence electrons. The molecule has 0 atom stereocenters. The van der Waals surface area contributed by atoms with Gasteiger partial charge in [-0.15, -0.1) is 0 Å². The summed E-state index contributed by atoms with van der Waals surface area (Å²) in [4.78, 5) is 8.87. The standard InChI is InChI=1S/C20H19Cl2N5/c1-13-10-19(25-20(24-13)23-12-15-6-4-3-5-7-15)27-26-14(2)16-8-9-17(21)18(22)11-16/h3-11H,12H2,1-2H3,(H2,23,24,25,27)/b26-14-. The highest BCUT2D eigenvalue weighted by atomic mass is 35.5. The molecule has 3 rings (SSSR count). The van der Waals surface area contributed by atoms with Crippen molar-refractivity contribution in [1.82, 2.24) is 9.97 Å². The first-order chi connectivity index (χ1) is 13.0. The van der Waals surface area contributed by atoms with Crippen LogP contribution in [0.15, 0.2) is 59.7 Å². The Kier molecular flexibility index (Phi) is 6.27. The zero-order chi connectivity index (χ0) is 19.2. The summed E-state index contributed by atoms with van der Waals surface area (Å²) in [6, 6.07) is 17.3. The van der Waals surface area contributed by atoms with Crippen molar-refractivity contribution in [3.8, 4) is 0 Å². The zero-order valence-electron chi connectivity index (χ0n) is 15.0. The van der Waals surface area contributed by atoms with Crippen molar-refractivity contribution in [2.75, 3.05) is 10.7 Å². The number of nitrogens with zero attached hydrogens (tertiary/aromatic N) is 3. The van der Waals surface area contributed by atoms with Gasteiger partial charge in [-0.1, -0.05) is 59.6 Å². The minimum Gasteiger partial charge on any atom is -0.350 e. The molecule has 0 spiro atoms. The van der Waals surface area contributed by atoms with Gasteiger partial charge >= 0.3 is 0 Å². The minimum absolute atomic E-state index is 0.494. The molecule has 7 heteroatoms. The summed E-state index contributed by atoms with van der Waals surface area (Å²) in [6.07, 6.45) is 0. The number of aryl methyl sites for hydroxylation is 1. The third-order valence-electron chi connectivity index (χ3n) is 3.82. The lowest BCUT2D eigenvalue weighted by molar-refractivity contribution is 1.02. The number of anilines is 2. The number of hydrazone groups is 1. The second-order valence-corrected chi connectivity index (χ2v) is 6.81. The van der Waals surface area contributed by atoms with E-state index in [9.17, 15) is 0 Å². The third kappa shape index (κ3) is 5.42. The Bertz CT molecular complexity index is 958. The quantitative estimate of drug-likeness (QED) is 0.421. The predicted octanol–water partition coefficient (Wildman–Crippen LogP) is 5.54. The second-order valence-electron chi connectivity index (χ2n) is 6.00. The number of halogens is 2. The fraction of sp³-hybridized carbons (Fsp3) is 0.150. The molecule has 0 unspecified atom stereocenters. The van der Waals surface area contributed by atoms with E-state index < -0.39 is 0 Å². The molecule has 1 heterocycles. The van der Waals surface area contributed by atoms with Crippen LogP contribution in [0.25, 0.3) is 0 Å². The SMILES string of the molecule is C/C(=N/Nc1cc(C)nc(NCc2ccccc2)n1)c1ccc(Cl)c(Cl)c1. The summed E-state index contributed by atoms with van der Waals surface area (Å²) < 4.78 is 0. The van der Waals surface area contributed by atoms with Gasteiger partial charge in [0.1, 0.15) is 0 Å². The largest absolute Gasteiger partial charge is 0.350 e. The number of hydrogen-bond acceptors (Lipinski definition) is 5. The molecule has 2 aromatic carbocycles. The third-order valence-corrected chi connectivity index (χ3v) is 4.56. The van der Waals surface area contributed by atoms with Crippen LogP contribution < -0.4 is 10.7 Å². The lowest BCUT2D eigenvalue weighted by Crippen LogP contribution is -2.07. The summed E-state index contributed by atoms with van der Waals surface area (Å²) in [5.41, 5.74) is 6.62. The molecule has 0 fully saturated rings. The van der Waals surface area contributed by atoms with Gasteiger partial charge < -0.3 is 5.32 Å². The second kappa shape index (κ2) is 8.84. The smallest absolute Gasteiger partial charge is 0.225 e.